The highest BCUT2D eigenvalue weighted by atomic mass is 31.0. The van der Waals surface area contributed by atoms with E-state index in [4.69, 9.17) is 5.84 Å². The van der Waals surface area contributed by atoms with Crippen molar-refractivity contribution in [3.63, 3.8) is 0 Å². The van der Waals surface area contributed by atoms with Gasteiger partial charge in [-0.15, -0.1) is 0 Å². The van der Waals surface area contributed by atoms with Crippen LogP contribution >= 0.6 is 9.24 Å². The van der Waals surface area contributed by atoms with Gasteiger partial charge in [0.1, 0.15) is 5.41 Å². The van der Waals surface area contributed by atoms with Crippen LogP contribution in [0.5, 0.6) is 0 Å². The Morgan fingerprint density at radius 2 is 2.38 bits per heavy atom. The van der Waals surface area contributed by atoms with Crippen LogP contribution in [0, 0.1) is 0 Å². The lowest BCUT2D eigenvalue weighted by Gasteiger charge is -2.10. The number of rotatable bonds is 0. The minimum Gasteiger partial charge on any atom is -0.269 e. The smallest absolute Gasteiger partial charge is 0.139 e. The van der Waals surface area contributed by atoms with Crippen LogP contribution in [0.4, 0.5) is 4.39 Å². The fraction of sp³-hybridized carbons (Fsp3) is 1.00. The van der Waals surface area contributed by atoms with Crippen LogP contribution in [-0.4, -0.2) is 23.5 Å². The molecule has 1 aliphatic heterocycles. The molecule has 1 saturated heterocycles. The summed E-state index contributed by atoms with van der Waals surface area (Å²) in [6.45, 7) is 1.01. The molecule has 8 heavy (non-hydrogen) atoms. The molecular weight excluding hydrogens is 126 g/mol. The van der Waals surface area contributed by atoms with E-state index >= 15 is 0 Å². The predicted octanol–water partition coefficient (Wildman–Crippen LogP) is 0.107. The molecule has 2 unspecified atom stereocenters. The third kappa shape index (κ3) is 1.38. The van der Waals surface area contributed by atoms with Crippen molar-refractivity contribution >= 4 is 9.24 Å². The Balaban J connectivity index is 2.44. The molecule has 4 heteroatoms. The van der Waals surface area contributed by atoms with Crippen molar-refractivity contribution < 1.29 is 4.39 Å². The molecule has 0 spiro atoms. The zero-order chi connectivity index (χ0) is 6.20. The summed E-state index contributed by atoms with van der Waals surface area (Å²) in [4.78, 5) is 0. The first-order valence-corrected chi connectivity index (χ1v) is 3.15. The molecule has 0 amide bonds. The van der Waals surface area contributed by atoms with E-state index < -0.39 is 5.41 Å². The van der Waals surface area contributed by atoms with Crippen molar-refractivity contribution in [3.05, 3.63) is 0 Å². The van der Waals surface area contributed by atoms with Crippen molar-refractivity contribution in [2.45, 2.75) is 11.8 Å². The summed E-state index contributed by atoms with van der Waals surface area (Å²) in [7, 11) is 2.17. The van der Waals surface area contributed by atoms with Crippen LogP contribution in [-0.2, 0) is 0 Å². The van der Waals surface area contributed by atoms with E-state index in [1.807, 2.05) is 0 Å². The van der Waals surface area contributed by atoms with Gasteiger partial charge in [0.15, 0.2) is 0 Å². The first-order valence-electron chi connectivity index (χ1n) is 2.58. The highest BCUT2D eigenvalue weighted by Crippen LogP contribution is 2.29. The van der Waals surface area contributed by atoms with Gasteiger partial charge in [0.25, 0.3) is 0 Å². The normalized spacial score (nSPS) is 40.9. The van der Waals surface area contributed by atoms with Crippen molar-refractivity contribution in [1.29, 1.82) is 0 Å². The lowest BCUT2D eigenvalue weighted by molar-refractivity contribution is 0.266. The van der Waals surface area contributed by atoms with Crippen molar-refractivity contribution in [2.75, 3.05) is 13.1 Å². The van der Waals surface area contributed by atoms with Gasteiger partial charge in [0, 0.05) is 13.0 Å². The van der Waals surface area contributed by atoms with Crippen molar-refractivity contribution in [1.82, 2.24) is 5.01 Å². The van der Waals surface area contributed by atoms with Gasteiger partial charge < -0.3 is 0 Å². The Bertz CT molecular complexity index is 96.0. The molecule has 0 aromatic heterocycles. The van der Waals surface area contributed by atoms with E-state index in [1.54, 1.807) is 0 Å². The largest absolute Gasteiger partial charge is 0.269 e. The lowest BCUT2D eigenvalue weighted by Crippen LogP contribution is -2.30. The summed E-state index contributed by atoms with van der Waals surface area (Å²) in [5.74, 6) is 5.29. The summed E-state index contributed by atoms with van der Waals surface area (Å²) < 4.78 is 12.7. The van der Waals surface area contributed by atoms with E-state index in [0.29, 0.717) is 19.5 Å². The van der Waals surface area contributed by atoms with Crippen LogP contribution in [0.1, 0.15) is 6.42 Å². The molecule has 0 aromatic rings. The molecule has 0 bridgehead atoms. The van der Waals surface area contributed by atoms with E-state index in [0.717, 1.165) is 0 Å². The van der Waals surface area contributed by atoms with Crippen LogP contribution < -0.4 is 5.84 Å². The summed E-state index contributed by atoms with van der Waals surface area (Å²) in [5, 5.41) is 0.377. The maximum Gasteiger partial charge on any atom is 0.139 e. The lowest BCUT2D eigenvalue weighted by atomic mass is 10.3. The molecule has 0 aliphatic carbocycles. The predicted molar refractivity (Wildman–Crippen MR) is 33.9 cm³/mol. The summed E-state index contributed by atoms with van der Waals surface area (Å²) >= 11 is 0. The molecule has 0 aromatic carbocycles. The maximum absolute atomic E-state index is 12.7. The van der Waals surface area contributed by atoms with Crippen molar-refractivity contribution in [3.8, 4) is 0 Å². The third-order valence-electron chi connectivity index (χ3n) is 1.28. The molecule has 0 saturated carbocycles. The zero-order valence-electron chi connectivity index (χ0n) is 4.60. The van der Waals surface area contributed by atoms with E-state index in [9.17, 15) is 4.39 Å². The van der Waals surface area contributed by atoms with Crippen LogP contribution in [0.15, 0.2) is 0 Å². The Morgan fingerprint density at radius 1 is 1.75 bits per heavy atom. The summed E-state index contributed by atoms with van der Waals surface area (Å²) in [5.41, 5.74) is 0. The second kappa shape index (κ2) is 1.90. The second-order valence-corrected chi connectivity index (χ2v) is 3.29. The molecule has 1 heterocycles. The van der Waals surface area contributed by atoms with Gasteiger partial charge in [-0.3, -0.25) is 5.84 Å². The Morgan fingerprint density at radius 3 is 2.50 bits per heavy atom. The van der Waals surface area contributed by atoms with Gasteiger partial charge in [-0.1, -0.05) is 9.24 Å². The number of hydrogen-bond donors (Lipinski definition) is 1. The van der Waals surface area contributed by atoms with E-state index in [1.165, 1.54) is 5.01 Å². The minimum absolute atomic E-state index is 0.345. The fourth-order valence-corrected chi connectivity index (χ4v) is 1.19. The molecule has 1 aliphatic rings. The zero-order valence-corrected chi connectivity index (χ0v) is 5.76. The monoisotopic (exact) mass is 136 g/mol. The van der Waals surface area contributed by atoms with Crippen LogP contribution in [0.3, 0.4) is 0 Å². The molecule has 48 valence electrons. The highest BCUT2D eigenvalue weighted by molar-refractivity contribution is 7.18. The average Bonchev–Trinajstić information content (AvgIpc) is 1.82. The number of hydrazine groups is 1. The molecule has 2 N–H and O–H groups in total. The Hall–Kier alpha value is 0.280. The third-order valence-corrected chi connectivity index (χ3v) is 1.75. The Kier molecular flexibility index (Phi) is 1.52. The van der Waals surface area contributed by atoms with Gasteiger partial charge >= 0.3 is 0 Å². The molecule has 1 fully saturated rings. The molecule has 0 radical (unpaired) electrons. The standard InChI is InChI=1S/C4H10FN2P/c5-4(8)1-2-7(6)3-4/h1-3,6,8H2. The number of halogens is 1. The van der Waals surface area contributed by atoms with Crippen LogP contribution in [0.2, 0.25) is 0 Å². The van der Waals surface area contributed by atoms with Gasteiger partial charge in [0.2, 0.25) is 0 Å². The number of nitrogens with two attached hydrogens (primary N) is 1. The first-order chi connectivity index (χ1) is 3.60. The van der Waals surface area contributed by atoms with Gasteiger partial charge in [-0.05, 0) is 0 Å². The van der Waals surface area contributed by atoms with Gasteiger partial charge in [-0.2, -0.15) is 0 Å². The highest BCUT2D eigenvalue weighted by Gasteiger charge is 2.31. The number of alkyl halides is 1. The van der Waals surface area contributed by atoms with Crippen LogP contribution in [0.25, 0.3) is 0 Å². The van der Waals surface area contributed by atoms with Gasteiger partial charge in [0.05, 0.1) is 6.54 Å². The van der Waals surface area contributed by atoms with E-state index in [2.05, 4.69) is 9.24 Å². The second-order valence-electron chi connectivity index (χ2n) is 2.26. The fourth-order valence-electron chi connectivity index (χ4n) is 0.825. The maximum atomic E-state index is 12.7. The van der Waals surface area contributed by atoms with E-state index in [-0.39, 0.29) is 0 Å². The quantitative estimate of drug-likeness (QED) is 0.378. The first kappa shape index (κ1) is 6.40. The molecular formula is C4H10FN2P. The average molecular weight is 136 g/mol. The Labute approximate surface area is 50.4 Å². The number of nitrogens with zero attached hydrogens (tertiary/aromatic N) is 1. The molecule has 2 nitrogen and oxygen atoms in total. The summed E-state index contributed by atoms with van der Waals surface area (Å²) in [6, 6.07) is 0. The summed E-state index contributed by atoms with van der Waals surface area (Å²) in [6.07, 6.45) is 0.536. The minimum atomic E-state index is -1.12. The van der Waals surface area contributed by atoms with Crippen molar-refractivity contribution in [2.24, 2.45) is 5.84 Å². The molecule has 1 rings (SSSR count). The number of hydrogen-bond acceptors (Lipinski definition) is 2. The topological polar surface area (TPSA) is 29.3 Å². The SMILES string of the molecule is NN1CCC(F)(P)C1. The van der Waals surface area contributed by atoms with Gasteiger partial charge in [-0.25, -0.2) is 9.40 Å². The molecule has 2 atom stereocenters.